The van der Waals surface area contributed by atoms with Crippen LogP contribution in [-0.2, 0) is 9.53 Å². The van der Waals surface area contributed by atoms with Crippen LogP contribution in [0.4, 0.5) is 10.1 Å². The summed E-state index contributed by atoms with van der Waals surface area (Å²) in [6, 6.07) is 11.4. The minimum absolute atomic E-state index is 0.220. The first-order valence-corrected chi connectivity index (χ1v) is 8.72. The van der Waals surface area contributed by atoms with Gasteiger partial charge >= 0.3 is 5.97 Å². The number of hydrogen-bond donors (Lipinski definition) is 1. The van der Waals surface area contributed by atoms with E-state index in [1.165, 1.54) is 12.1 Å². The number of hydrogen-bond acceptors (Lipinski definition) is 3. The highest BCUT2D eigenvalue weighted by Gasteiger charge is 2.16. The number of halogens is 2. The molecule has 0 heterocycles. The van der Waals surface area contributed by atoms with Crippen LogP contribution in [0.1, 0.15) is 42.1 Å². The minimum atomic E-state index is -0.885. The third-order valence-electron chi connectivity index (χ3n) is 3.86. The van der Waals surface area contributed by atoms with Gasteiger partial charge in [0.1, 0.15) is 5.82 Å². The lowest BCUT2D eigenvalue weighted by molar-refractivity contribution is -0.119. The summed E-state index contributed by atoms with van der Waals surface area (Å²) in [4.78, 5) is 24.0. The second kappa shape index (κ2) is 8.76. The third-order valence-corrected chi connectivity index (χ3v) is 4.35. The SMILES string of the molecule is CC[C@H](C)c1ccccc1NC(=O)COC(=O)c1cc(Br)ccc1F. The number of amides is 1. The Balaban J connectivity index is 2.00. The molecule has 132 valence electrons. The summed E-state index contributed by atoms with van der Waals surface area (Å²) in [7, 11) is 0. The lowest BCUT2D eigenvalue weighted by Gasteiger charge is -2.15. The van der Waals surface area contributed by atoms with Gasteiger partial charge in [0, 0.05) is 10.2 Å². The Labute approximate surface area is 154 Å². The summed E-state index contributed by atoms with van der Waals surface area (Å²) < 4.78 is 19.1. The van der Waals surface area contributed by atoms with E-state index >= 15 is 0 Å². The molecule has 2 rings (SSSR count). The van der Waals surface area contributed by atoms with Crippen molar-refractivity contribution in [2.75, 3.05) is 11.9 Å². The third kappa shape index (κ3) is 5.13. The Morgan fingerprint density at radius 3 is 2.68 bits per heavy atom. The van der Waals surface area contributed by atoms with Gasteiger partial charge in [-0.15, -0.1) is 0 Å². The van der Waals surface area contributed by atoms with E-state index in [-0.39, 0.29) is 11.5 Å². The zero-order valence-corrected chi connectivity index (χ0v) is 15.6. The summed E-state index contributed by atoms with van der Waals surface area (Å²) in [5, 5.41) is 2.74. The second-order valence-corrected chi connectivity index (χ2v) is 6.56. The second-order valence-electron chi connectivity index (χ2n) is 5.65. The van der Waals surface area contributed by atoms with E-state index in [9.17, 15) is 14.0 Å². The summed E-state index contributed by atoms with van der Waals surface area (Å²) in [5.74, 6) is -1.77. The quantitative estimate of drug-likeness (QED) is 0.692. The lowest BCUT2D eigenvalue weighted by Crippen LogP contribution is -2.22. The van der Waals surface area contributed by atoms with Gasteiger partial charge in [-0.25, -0.2) is 9.18 Å². The van der Waals surface area contributed by atoms with Gasteiger partial charge in [-0.2, -0.15) is 0 Å². The number of benzene rings is 2. The fraction of sp³-hybridized carbons (Fsp3) is 0.263. The highest BCUT2D eigenvalue weighted by molar-refractivity contribution is 9.10. The van der Waals surface area contributed by atoms with E-state index in [1.54, 1.807) is 6.07 Å². The van der Waals surface area contributed by atoms with Gasteiger partial charge < -0.3 is 10.1 Å². The van der Waals surface area contributed by atoms with Gasteiger partial charge in [-0.05, 0) is 42.2 Å². The first kappa shape index (κ1) is 19.1. The molecule has 0 spiro atoms. The maximum atomic E-state index is 13.6. The molecule has 0 saturated heterocycles. The van der Waals surface area contributed by atoms with Crippen molar-refractivity contribution in [2.24, 2.45) is 0 Å². The van der Waals surface area contributed by atoms with E-state index in [0.717, 1.165) is 18.1 Å². The fourth-order valence-electron chi connectivity index (χ4n) is 2.31. The van der Waals surface area contributed by atoms with Crippen molar-refractivity contribution >= 4 is 33.5 Å². The van der Waals surface area contributed by atoms with Crippen molar-refractivity contribution < 1.29 is 18.7 Å². The molecule has 0 fully saturated rings. The molecule has 1 N–H and O–H groups in total. The molecule has 1 amide bonds. The Bertz CT molecular complexity index is 779. The van der Waals surface area contributed by atoms with Crippen LogP contribution in [0.3, 0.4) is 0 Å². The Kier molecular flexibility index (Phi) is 6.70. The predicted molar refractivity (Wildman–Crippen MR) is 98.2 cm³/mol. The standard InChI is InChI=1S/C19H19BrFNO3/c1-3-12(2)14-6-4-5-7-17(14)22-18(23)11-25-19(24)15-10-13(20)8-9-16(15)21/h4-10,12H,3,11H2,1-2H3,(H,22,23)/t12-/m0/s1. The van der Waals surface area contributed by atoms with Gasteiger partial charge in [-0.3, -0.25) is 4.79 Å². The van der Waals surface area contributed by atoms with Gasteiger partial charge in [-0.1, -0.05) is 48.0 Å². The van der Waals surface area contributed by atoms with Crippen LogP contribution in [0.15, 0.2) is 46.9 Å². The Morgan fingerprint density at radius 2 is 1.96 bits per heavy atom. The van der Waals surface area contributed by atoms with Crippen LogP contribution in [0, 0.1) is 5.82 Å². The van der Waals surface area contributed by atoms with Crippen molar-refractivity contribution in [2.45, 2.75) is 26.2 Å². The zero-order valence-electron chi connectivity index (χ0n) is 14.0. The lowest BCUT2D eigenvalue weighted by atomic mass is 9.97. The first-order chi connectivity index (χ1) is 11.9. The summed E-state index contributed by atoms with van der Waals surface area (Å²) in [5.41, 5.74) is 1.48. The van der Waals surface area contributed by atoms with Crippen molar-refractivity contribution in [3.05, 3.63) is 63.9 Å². The maximum absolute atomic E-state index is 13.6. The van der Waals surface area contributed by atoms with E-state index in [0.29, 0.717) is 10.2 Å². The number of carbonyl (C=O) groups excluding carboxylic acids is 2. The molecule has 2 aromatic rings. The van der Waals surface area contributed by atoms with E-state index in [4.69, 9.17) is 4.74 Å². The van der Waals surface area contributed by atoms with Crippen molar-refractivity contribution in [1.82, 2.24) is 0 Å². The number of anilines is 1. The topological polar surface area (TPSA) is 55.4 Å². The summed E-state index contributed by atoms with van der Waals surface area (Å²) >= 11 is 3.16. The highest BCUT2D eigenvalue weighted by Crippen LogP contribution is 2.26. The van der Waals surface area contributed by atoms with Gasteiger partial charge in [0.25, 0.3) is 5.91 Å². The molecule has 0 bridgehead atoms. The van der Waals surface area contributed by atoms with Crippen LogP contribution in [0.5, 0.6) is 0 Å². The molecule has 0 unspecified atom stereocenters. The minimum Gasteiger partial charge on any atom is -0.452 e. The molecule has 1 atom stereocenters. The number of ether oxygens (including phenoxy) is 1. The first-order valence-electron chi connectivity index (χ1n) is 7.93. The zero-order chi connectivity index (χ0) is 18.4. The molecular formula is C19H19BrFNO3. The molecule has 4 nitrogen and oxygen atoms in total. The van der Waals surface area contributed by atoms with Crippen molar-refractivity contribution in [3.8, 4) is 0 Å². The summed E-state index contributed by atoms with van der Waals surface area (Å²) in [6.45, 7) is 3.65. The van der Waals surface area contributed by atoms with Gasteiger partial charge in [0.2, 0.25) is 0 Å². The molecular weight excluding hydrogens is 389 g/mol. The Morgan fingerprint density at radius 1 is 1.24 bits per heavy atom. The molecule has 2 aromatic carbocycles. The van der Waals surface area contributed by atoms with Crippen LogP contribution >= 0.6 is 15.9 Å². The van der Waals surface area contributed by atoms with Gasteiger partial charge in [0.05, 0.1) is 5.56 Å². The molecule has 25 heavy (non-hydrogen) atoms. The van der Waals surface area contributed by atoms with Crippen LogP contribution in [0.25, 0.3) is 0 Å². The number of nitrogens with one attached hydrogen (secondary N) is 1. The molecule has 0 aromatic heterocycles. The smallest absolute Gasteiger partial charge is 0.341 e. The van der Waals surface area contributed by atoms with Crippen LogP contribution < -0.4 is 5.32 Å². The van der Waals surface area contributed by atoms with Crippen molar-refractivity contribution in [1.29, 1.82) is 0 Å². The van der Waals surface area contributed by atoms with E-state index < -0.39 is 24.3 Å². The summed E-state index contributed by atoms with van der Waals surface area (Å²) in [6.07, 6.45) is 0.935. The Hall–Kier alpha value is -2.21. The molecule has 6 heteroatoms. The molecule has 0 aliphatic carbocycles. The largest absolute Gasteiger partial charge is 0.452 e. The molecule has 0 aliphatic rings. The predicted octanol–water partition coefficient (Wildman–Crippen LogP) is 4.90. The van der Waals surface area contributed by atoms with Crippen LogP contribution in [0.2, 0.25) is 0 Å². The number of carbonyl (C=O) groups is 2. The van der Waals surface area contributed by atoms with E-state index in [2.05, 4.69) is 35.1 Å². The van der Waals surface area contributed by atoms with Crippen molar-refractivity contribution in [3.63, 3.8) is 0 Å². The fourth-order valence-corrected chi connectivity index (χ4v) is 2.67. The molecule has 0 aliphatic heterocycles. The number of para-hydroxylation sites is 1. The average molecular weight is 408 g/mol. The van der Waals surface area contributed by atoms with Crippen LogP contribution in [-0.4, -0.2) is 18.5 Å². The number of esters is 1. The molecule has 0 radical (unpaired) electrons. The molecule has 0 saturated carbocycles. The monoisotopic (exact) mass is 407 g/mol. The normalized spacial score (nSPS) is 11.7. The van der Waals surface area contributed by atoms with Gasteiger partial charge in [0.15, 0.2) is 6.61 Å². The maximum Gasteiger partial charge on any atom is 0.341 e. The average Bonchev–Trinajstić information content (AvgIpc) is 2.61. The highest BCUT2D eigenvalue weighted by atomic mass is 79.9. The number of rotatable bonds is 6. The van der Waals surface area contributed by atoms with E-state index in [1.807, 2.05) is 18.2 Å².